The maximum atomic E-state index is 13.4. The van der Waals surface area contributed by atoms with Crippen LogP contribution < -0.4 is 14.8 Å². The molecule has 0 unspecified atom stereocenters. The second kappa shape index (κ2) is 17.5. The summed E-state index contributed by atoms with van der Waals surface area (Å²) < 4.78 is 41.9. The van der Waals surface area contributed by atoms with E-state index in [-0.39, 0.29) is 36.8 Å². The van der Waals surface area contributed by atoms with Gasteiger partial charge in [-0.3, -0.25) is 14.4 Å². The van der Waals surface area contributed by atoms with Crippen LogP contribution in [0.4, 0.5) is 4.79 Å². The first-order valence-corrected chi connectivity index (χ1v) is 14.4. The smallest absolute Gasteiger partial charge is 0.493 e. The van der Waals surface area contributed by atoms with Crippen molar-refractivity contribution in [3.05, 3.63) is 53.9 Å². The van der Waals surface area contributed by atoms with Crippen LogP contribution in [0.15, 0.2) is 42.6 Å². The molecule has 4 atom stereocenters. The number of cyclic esters (lactones) is 2. The molecule has 2 aromatic rings. The van der Waals surface area contributed by atoms with Gasteiger partial charge in [0, 0.05) is 19.4 Å². The lowest BCUT2D eigenvalue weighted by atomic mass is 9.91. The summed E-state index contributed by atoms with van der Waals surface area (Å²) in [7, 11) is 2.75. The van der Waals surface area contributed by atoms with Crippen molar-refractivity contribution in [2.45, 2.75) is 45.4 Å². The van der Waals surface area contributed by atoms with E-state index in [2.05, 4.69) is 10.3 Å². The Balaban J connectivity index is 1.80. The Kier molecular flexibility index (Phi) is 13.6. The predicted octanol–water partition coefficient (Wildman–Crippen LogP) is 2.24. The molecule has 2 heterocycles. The van der Waals surface area contributed by atoms with Crippen LogP contribution in [-0.4, -0.2) is 94.0 Å². The fourth-order valence-electron chi connectivity index (χ4n) is 4.26. The maximum absolute atomic E-state index is 13.4. The van der Waals surface area contributed by atoms with Crippen molar-refractivity contribution >= 4 is 30.0 Å². The van der Waals surface area contributed by atoms with Gasteiger partial charge in [0.05, 0.1) is 19.6 Å². The van der Waals surface area contributed by atoms with Gasteiger partial charge >= 0.3 is 24.1 Å². The Labute approximate surface area is 265 Å². The standard InChI is InChI=1S/C31H38N2O13/c1-18(2)28(35)46-25-19(3)45-30(37)22(16-42-29(36)21(25)15-20-9-7-6-8-10-20)33-27(34)24-26(23(40-5)11-12-32-24)43-17-44-31(38)41-14-13-39-4/h6-12,18-19,21-22,25H,13-17H2,1-5H3,(H,33,34)/t19-,21+,22-,25-/m0/s1. The van der Waals surface area contributed by atoms with Crippen LogP contribution >= 0.6 is 0 Å². The second-order valence-corrected chi connectivity index (χ2v) is 10.3. The highest BCUT2D eigenvalue weighted by Gasteiger charge is 2.42. The number of ether oxygens (including phenoxy) is 8. The van der Waals surface area contributed by atoms with Crippen LogP contribution in [0.5, 0.6) is 11.5 Å². The first-order valence-electron chi connectivity index (χ1n) is 14.4. The molecule has 1 aromatic heterocycles. The van der Waals surface area contributed by atoms with E-state index in [1.54, 1.807) is 38.1 Å². The van der Waals surface area contributed by atoms with Crippen LogP contribution in [0.2, 0.25) is 0 Å². The van der Waals surface area contributed by atoms with E-state index < -0.39 is 73.5 Å². The summed E-state index contributed by atoms with van der Waals surface area (Å²) in [6.07, 6.45) is -1.93. The van der Waals surface area contributed by atoms with Gasteiger partial charge in [-0.2, -0.15) is 0 Å². The molecule has 1 aromatic carbocycles. The number of esters is 3. The largest absolute Gasteiger partial charge is 0.511 e. The van der Waals surface area contributed by atoms with Gasteiger partial charge in [0.2, 0.25) is 6.79 Å². The molecule has 1 aliphatic rings. The van der Waals surface area contributed by atoms with Crippen LogP contribution in [-0.2, 0) is 49.2 Å². The lowest BCUT2D eigenvalue weighted by Crippen LogP contribution is -2.47. The highest BCUT2D eigenvalue weighted by molar-refractivity contribution is 5.98. The van der Waals surface area contributed by atoms with Gasteiger partial charge in [-0.1, -0.05) is 44.2 Å². The molecule has 1 aliphatic heterocycles. The zero-order valence-corrected chi connectivity index (χ0v) is 26.2. The number of methoxy groups -OCH3 is 2. The minimum absolute atomic E-state index is 0.0478. The van der Waals surface area contributed by atoms with E-state index in [1.165, 1.54) is 33.4 Å². The van der Waals surface area contributed by atoms with Crippen molar-refractivity contribution < 1.29 is 61.9 Å². The topological polar surface area (TPSA) is 184 Å². The number of amides is 1. The second-order valence-electron chi connectivity index (χ2n) is 10.3. The van der Waals surface area contributed by atoms with E-state index >= 15 is 0 Å². The molecule has 250 valence electrons. The van der Waals surface area contributed by atoms with Crippen LogP contribution in [0.3, 0.4) is 0 Å². The first kappa shape index (κ1) is 35.6. The molecule has 0 bridgehead atoms. The SMILES string of the molecule is COCCOC(=O)OCOc1c(OC)ccnc1C(=O)N[C@H]1COC(=O)[C@H](Cc2ccccc2)[C@@H](OC(=O)C(C)C)[C@H](C)OC1=O. The van der Waals surface area contributed by atoms with E-state index in [0.29, 0.717) is 0 Å². The molecule has 15 heteroatoms. The molecular formula is C31H38N2O13. The van der Waals surface area contributed by atoms with Crippen LogP contribution in [0, 0.1) is 11.8 Å². The molecule has 1 amide bonds. The van der Waals surface area contributed by atoms with Gasteiger partial charge in [-0.05, 0) is 18.9 Å². The summed E-state index contributed by atoms with van der Waals surface area (Å²) in [6.45, 7) is 3.60. The molecule has 15 nitrogen and oxygen atoms in total. The Bertz CT molecular complexity index is 1350. The molecular weight excluding hydrogens is 608 g/mol. The number of pyridine rings is 1. The molecule has 0 aliphatic carbocycles. The third kappa shape index (κ3) is 10.1. The summed E-state index contributed by atoms with van der Waals surface area (Å²) in [5, 5.41) is 2.44. The molecule has 1 fully saturated rings. The van der Waals surface area contributed by atoms with Crippen molar-refractivity contribution in [2.24, 2.45) is 11.8 Å². The summed E-state index contributed by atoms with van der Waals surface area (Å²) in [4.78, 5) is 68.5. The lowest BCUT2D eigenvalue weighted by Gasteiger charge is -2.29. The highest BCUT2D eigenvalue weighted by Crippen LogP contribution is 2.30. The number of hydrogen-bond acceptors (Lipinski definition) is 14. The fraction of sp³-hybridized carbons (Fsp3) is 0.484. The summed E-state index contributed by atoms with van der Waals surface area (Å²) in [5.74, 6) is -4.92. The van der Waals surface area contributed by atoms with Gasteiger partial charge in [0.15, 0.2) is 29.3 Å². The third-order valence-electron chi connectivity index (χ3n) is 6.66. The van der Waals surface area contributed by atoms with Gasteiger partial charge in [-0.15, -0.1) is 0 Å². The monoisotopic (exact) mass is 646 g/mol. The Morgan fingerprint density at radius 1 is 1.02 bits per heavy atom. The number of aromatic nitrogens is 1. The zero-order valence-electron chi connectivity index (χ0n) is 26.2. The van der Waals surface area contributed by atoms with Crippen molar-refractivity contribution in [2.75, 3.05) is 40.8 Å². The Morgan fingerprint density at radius 3 is 2.43 bits per heavy atom. The number of carbonyl (C=O) groups excluding carboxylic acids is 5. The van der Waals surface area contributed by atoms with Crippen LogP contribution in [0.1, 0.15) is 36.8 Å². The summed E-state index contributed by atoms with van der Waals surface area (Å²) in [5.41, 5.74) is 0.426. The van der Waals surface area contributed by atoms with Gasteiger partial charge in [-0.25, -0.2) is 14.6 Å². The van der Waals surface area contributed by atoms with Crippen molar-refractivity contribution in [1.82, 2.24) is 10.3 Å². The number of hydrogen-bond donors (Lipinski definition) is 1. The quantitative estimate of drug-likeness (QED) is 0.145. The van der Waals surface area contributed by atoms with Crippen LogP contribution in [0.25, 0.3) is 0 Å². The Hall–Kier alpha value is -4.92. The minimum Gasteiger partial charge on any atom is -0.493 e. The minimum atomic E-state index is -1.48. The number of nitrogens with one attached hydrogen (secondary N) is 1. The molecule has 3 rings (SSSR count). The molecule has 1 N–H and O–H groups in total. The molecule has 0 saturated carbocycles. The zero-order chi connectivity index (χ0) is 33.6. The number of rotatable bonds is 13. The number of carbonyl (C=O) groups is 5. The summed E-state index contributed by atoms with van der Waals surface area (Å²) >= 11 is 0. The molecule has 1 saturated heterocycles. The van der Waals surface area contributed by atoms with E-state index in [4.69, 9.17) is 37.9 Å². The number of benzene rings is 1. The number of nitrogens with zero attached hydrogens (tertiary/aromatic N) is 1. The lowest BCUT2D eigenvalue weighted by molar-refractivity contribution is -0.176. The molecule has 0 spiro atoms. The van der Waals surface area contributed by atoms with Gasteiger partial charge in [0.25, 0.3) is 5.91 Å². The highest BCUT2D eigenvalue weighted by atomic mass is 16.8. The fourth-order valence-corrected chi connectivity index (χ4v) is 4.26. The van der Waals surface area contributed by atoms with Crippen molar-refractivity contribution in [3.8, 4) is 11.5 Å². The van der Waals surface area contributed by atoms with E-state index in [1.807, 2.05) is 6.07 Å². The molecule has 46 heavy (non-hydrogen) atoms. The van der Waals surface area contributed by atoms with Gasteiger partial charge < -0.3 is 43.2 Å². The average Bonchev–Trinajstić information content (AvgIpc) is 3.07. The summed E-state index contributed by atoms with van der Waals surface area (Å²) in [6, 6.07) is 8.93. The van der Waals surface area contributed by atoms with E-state index in [0.717, 1.165) is 5.56 Å². The van der Waals surface area contributed by atoms with E-state index in [9.17, 15) is 24.0 Å². The normalized spacial score (nSPS) is 19.8. The molecule has 0 radical (unpaired) electrons. The predicted molar refractivity (Wildman–Crippen MR) is 157 cm³/mol. The Morgan fingerprint density at radius 2 is 1.76 bits per heavy atom. The first-order chi connectivity index (χ1) is 22.0. The maximum Gasteiger partial charge on any atom is 0.511 e. The average molecular weight is 647 g/mol. The van der Waals surface area contributed by atoms with Crippen molar-refractivity contribution in [3.63, 3.8) is 0 Å². The van der Waals surface area contributed by atoms with Crippen molar-refractivity contribution in [1.29, 1.82) is 0 Å². The van der Waals surface area contributed by atoms with Gasteiger partial charge in [0.1, 0.15) is 25.2 Å². The third-order valence-corrected chi connectivity index (χ3v) is 6.66.